The lowest BCUT2D eigenvalue weighted by molar-refractivity contribution is 0.0689. The molecule has 0 bridgehead atoms. The fourth-order valence-corrected chi connectivity index (χ4v) is 2.19. The Morgan fingerprint density at radius 3 is 2.40 bits per heavy atom. The quantitative estimate of drug-likeness (QED) is 0.911. The van der Waals surface area contributed by atoms with Crippen LogP contribution in [0.3, 0.4) is 0 Å². The predicted molar refractivity (Wildman–Crippen MR) is 79.0 cm³/mol. The molecule has 0 fully saturated rings. The first-order valence-corrected chi connectivity index (χ1v) is 6.59. The number of aromatic nitrogens is 2. The maximum Gasteiger partial charge on any atom is 0.356 e. The number of hydrogen-bond acceptors (Lipinski definition) is 2. The van der Waals surface area contributed by atoms with Crippen LogP contribution in [0.25, 0.3) is 11.3 Å². The predicted octanol–water partition coefficient (Wildman–Crippen LogP) is 3.39. The van der Waals surface area contributed by atoms with E-state index in [1.165, 1.54) is 5.56 Å². The third-order valence-corrected chi connectivity index (χ3v) is 3.48. The number of benzene rings is 1. The smallest absolute Gasteiger partial charge is 0.356 e. The van der Waals surface area contributed by atoms with Gasteiger partial charge in [-0.15, -0.1) is 0 Å². The minimum atomic E-state index is -1.00. The lowest BCUT2D eigenvalue weighted by Crippen LogP contribution is -2.11. The number of aromatic carboxylic acids is 1. The molecular weight excluding hydrogens is 252 g/mol. The summed E-state index contributed by atoms with van der Waals surface area (Å²) in [6, 6.07) is 7.94. The fourth-order valence-electron chi connectivity index (χ4n) is 2.19. The van der Waals surface area contributed by atoms with Crippen molar-refractivity contribution in [1.29, 1.82) is 0 Å². The molecular formula is C16H20N2O2. The molecule has 0 radical (unpaired) electrons. The van der Waals surface area contributed by atoms with Gasteiger partial charge < -0.3 is 5.11 Å². The number of carboxylic acid groups (broad SMARTS) is 1. The fraction of sp³-hybridized carbons (Fsp3) is 0.375. The van der Waals surface area contributed by atoms with Gasteiger partial charge in [-0.2, -0.15) is 5.10 Å². The highest BCUT2D eigenvalue weighted by molar-refractivity contribution is 5.87. The van der Waals surface area contributed by atoms with Gasteiger partial charge in [-0.25, -0.2) is 4.79 Å². The highest BCUT2D eigenvalue weighted by Crippen LogP contribution is 2.30. The molecule has 0 spiro atoms. The lowest BCUT2D eigenvalue weighted by atomic mass is 9.85. The summed E-state index contributed by atoms with van der Waals surface area (Å²) >= 11 is 0. The molecule has 1 aromatic carbocycles. The van der Waals surface area contributed by atoms with Gasteiger partial charge in [-0.1, -0.05) is 32.9 Å². The van der Waals surface area contributed by atoms with E-state index in [4.69, 9.17) is 5.11 Å². The van der Waals surface area contributed by atoms with Gasteiger partial charge in [0.15, 0.2) is 5.69 Å². The Balaban J connectivity index is 2.60. The van der Waals surface area contributed by atoms with Crippen LogP contribution in [0.1, 0.15) is 42.4 Å². The highest BCUT2D eigenvalue weighted by Gasteiger charge is 2.18. The van der Waals surface area contributed by atoms with Crippen molar-refractivity contribution in [2.45, 2.75) is 33.1 Å². The van der Waals surface area contributed by atoms with Crippen LogP contribution in [0.4, 0.5) is 0 Å². The zero-order valence-electron chi connectivity index (χ0n) is 12.6. The molecule has 0 aliphatic carbocycles. The van der Waals surface area contributed by atoms with Crippen molar-refractivity contribution in [3.63, 3.8) is 0 Å². The number of carbonyl (C=O) groups is 1. The third-order valence-electron chi connectivity index (χ3n) is 3.48. The van der Waals surface area contributed by atoms with E-state index in [1.807, 2.05) is 6.92 Å². The molecule has 1 heterocycles. The first kappa shape index (κ1) is 14.3. The summed E-state index contributed by atoms with van der Waals surface area (Å²) in [5.74, 6) is -1.00. The molecule has 0 saturated heterocycles. The molecule has 106 valence electrons. The van der Waals surface area contributed by atoms with Gasteiger partial charge in [0.2, 0.25) is 0 Å². The van der Waals surface area contributed by atoms with Crippen LogP contribution in [-0.4, -0.2) is 20.9 Å². The molecule has 0 atom stereocenters. The summed E-state index contributed by atoms with van der Waals surface area (Å²) < 4.78 is 1.62. The molecule has 2 rings (SSSR count). The summed E-state index contributed by atoms with van der Waals surface area (Å²) in [7, 11) is 1.77. The zero-order chi connectivity index (χ0) is 15.1. The molecule has 0 saturated carbocycles. The van der Waals surface area contributed by atoms with Gasteiger partial charge in [-0.05, 0) is 35.6 Å². The van der Waals surface area contributed by atoms with Crippen molar-refractivity contribution in [1.82, 2.24) is 9.78 Å². The Labute approximate surface area is 119 Å². The van der Waals surface area contributed by atoms with Crippen LogP contribution in [0.2, 0.25) is 0 Å². The maximum atomic E-state index is 11.0. The summed E-state index contributed by atoms with van der Waals surface area (Å²) in [5.41, 5.74) is 4.31. The average molecular weight is 272 g/mol. The Morgan fingerprint density at radius 1 is 1.25 bits per heavy atom. The van der Waals surface area contributed by atoms with E-state index in [0.29, 0.717) is 0 Å². The molecule has 4 nitrogen and oxygen atoms in total. The Kier molecular flexibility index (Phi) is 3.42. The minimum absolute atomic E-state index is 0.0523. The van der Waals surface area contributed by atoms with Crippen LogP contribution >= 0.6 is 0 Å². The third kappa shape index (κ3) is 2.59. The summed E-state index contributed by atoms with van der Waals surface area (Å²) in [6.45, 7) is 8.50. The van der Waals surface area contributed by atoms with Crippen molar-refractivity contribution in [2.75, 3.05) is 0 Å². The Bertz CT molecular complexity index is 664. The molecule has 0 unspecified atom stereocenters. The van der Waals surface area contributed by atoms with Crippen molar-refractivity contribution < 1.29 is 9.90 Å². The van der Waals surface area contributed by atoms with Crippen molar-refractivity contribution in [2.24, 2.45) is 7.05 Å². The number of nitrogens with zero attached hydrogens (tertiary/aromatic N) is 2. The number of carboxylic acids is 1. The first-order valence-electron chi connectivity index (χ1n) is 6.59. The SMILES string of the molecule is Cc1ccc(C(C)(C)C)cc1-c1cc(C(=O)O)nn1C. The van der Waals surface area contributed by atoms with Crippen LogP contribution < -0.4 is 0 Å². The number of rotatable bonds is 2. The van der Waals surface area contributed by atoms with Gasteiger partial charge in [0.25, 0.3) is 0 Å². The van der Waals surface area contributed by atoms with Gasteiger partial charge >= 0.3 is 5.97 Å². The molecule has 1 N–H and O–H groups in total. The molecule has 4 heteroatoms. The van der Waals surface area contributed by atoms with E-state index in [0.717, 1.165) is 16.8 Å². The first-order chi connectivity index (χ1) is 9.20. The zero-order valence-corrected chi connectivity index (χ0v) is 12.6. The molecule has 1 aromatic heterocycles. The summed E-state index contributed by atoms with van der Waals surface area (Å²) in [4.78, 5) is 11.0. The van der Waals surface area contributed by atoms with E-state index in [-0.39, 0.29) is 11.1 Å². The van der Waals surface area contributed by atoms with Crippen LogP contribution in [0.5, 0.6) is 0 Å². The van der Waals surface area contributed by atoms with Gasteiger partial charge in [0, 0.05) is 12.6 Å². The van der Waals surface area contributed by atoms with E-state index in [9.17, 15) is 4.79 Å². The van der Waals surface area contributed by atoms with Gasteiger partial charge in [0.05, 0.1) is 5.69 Å². The number of aryl methyl sites for hydroxylation is 2. The van der Waals surface area contributed by atoms with Crippen LogP contribution in [0, 0.1) is 6.92 Å². The van der Waals surface area contributed by atoms with Crippen molar-refractivity contribution >= 4 is 5.97 Å². The standard InChI is InChI=1S/C16H20N2O2/c1-10-6-7-11(16(2,3)4)8-12(10)14-9-13(15(19)20)17-18(14)5/h6-9H,1-5H3,(H,19,20). The number of hydrogen-bond donors (Lipinski definition) is 1. The second-order valence-electron chi connectivity index (χ2n) is 6.12. The van der Waals surface area contributed by atoms with Gasteiger partial charge in [0.1, 0.15) is 0 Å². The van der Waals surface area contributed by atoms with Crippen molar-refractivity contribution in [3.8, 4) is 11.3 Å². The normalized spacial score (nSPS) is 11.7. The van der Waals surface area contributed by atoms with Crippen molar-refractivity contribution in [3.05, 3.63) is 41.1 Å². The minimum Gasteiger partial charge on any atom is -0.476 e. The monoisotopic (exact) mass is 272 g/mol. The van der Waals surface area contributed by atoms with E-state index >= 15 is 0 Å². The maximum absolute atomic E-state index is 11.0. The molecule has 20 heavy (non-hydrogen) atoms. The Hall–Kier alpha value is -2.10. The lowest BCUT2D eigenvalue weighted by Gasteiger charge is -2.20. The largest absolute Gasteiger partial charge is 0.476 e. The summed E-state index contributed by atoms with van der Waals surface area (Å²) in [5, 5.41) is 13.1. The average Bonchev–Trinajstić information content (AvgIpc) is 2.70. The highest BCUT2D eigenvalue weighted by atomic mass is 16.4. The van der Waals surface area contributed by atoms with E-state index in [2.05, 4.69) is 44.1 Å². The molecule has 0 aliphatic rings. The molecule has 0 aliphatic heterocycles. The second-order valence-corrected chi connectivity index (χ2v) is 6.12. The molecule has 2 aromatic rings. The Morgan fingerprint density at radius 2 is 1.90 bits per heavy atom. The van der Waals surface area contributed by atoms with Crippen LogP contribution in [0.15, 0.2) is 24.3 Å². The second kappa shape index (κ2) is 4.78. The molecule has 0 amide bonds. The summed E-state index contributed by atoms with van der Waals surface area (Å²) in [6.07, 6.45) is 0. The van der Waals surface area contributed by atoms with E-state index < -0.39 is 5.97 Å². The van der Waals surface area contributed by atoms with E-state index in [1.54, 1.807) is 17.8 Å². The van der Waals surface area contributed by atoms with Crippen LogP contribution in [-0.2, 0) is 12.5 Å². The van der Waals surface area contributed by atoms with Gasteiger partial charge in [-0.3, -0.25) is 4.68 Å². The topological polar surface area (TPSA) is 55.1 Å².